The zero-order chi connectivity index (χ0) is 13.9. The Morgan fingerprint density at radius 2 is 2.11 bits per heavy atom. The second-order valence-corrected chi connectivity index (χ2v) is 5.95. The van der Waals surface area contributed by atoms with E-state index in [4.69, 9.17) is 10.5 Å². The number of carbonyl (C=O) groups is 1. The molecular formula is C13H17BrFNO2. The molecule has 2 N–H and O–H groups in total. The molecule has 1 unspecified atom stereocenters. The lowest BCUT2D eigenvalue weighted by molar-refractivity contribution is -0.156. The van der Waals surface area contributed by atoms with E-state index in [-0.39, 0.29) is 5.82 Å². The van der Waals surface area contributed by atoms with Crippen molar-refractivity contribution in [1.82, 2.24) is 0 Å². The molecule has 5 heteroatoms. The fraction of sp³-hybridized carbons (Fsp3) is 0.462. The predicted octanol–water partition coefficient (Wildman–Crippen LogP) is 2.80. The molecule has 1 rings (SSSR count). The Hall–Kier alpha value is -0.940. The zero-order valence-electron chi connectivity index (χ0n) is 10.7. The third-order valence-electron chi connectivity index (χ3n) is 2.15. The fourth-order valence-electron chi connectivity index (χ4n) is 1.38. The van der Waals surface area contributed by atoms with Gasteiger partial charge in [-0.05, 0) is 60.8 Å². The van der Waals surface area contributed by atoms with Crippen LogP contribution in [0.4, 0.5) is 4.39 Å². The lowest BCUT2D eigenvalue weighted by atomic mass is 10.1. The van der Waals surface area contributed by atoms with Crippen molar-refractivity contribution in [2.45, 2.75) is 38.8 Å². The van der Waals surface area contributed by atoms with E-state index in [0.29, 0.717) is 10.9 Å². The average Bonchev–Trinajstić information content (AvgIpc) is 2.21. The first-order valence-corrected chi connectivity index (χ1v) is 6.41. The molecule has 0 bridgehead atoms. The van der Waals surface area contributed by atoms with Crippen molar-refractivity contribution < 1.29 is 13.9 Å². The topological polar surface area (TPSA) is 52.3 Å². The van der Waals surface area contributed by atoms with Crippen LogP contribution in [0.2, 0.25) is 0 Å². The Labute approximate surface area is 115 Å². The Kier molecular flexibility index (Phi) is 4.87. The number of esters is 1. The quantitative estimate of drug-likeness (QED) is 0.872. The minimum Gasteiger partial charge on any atom is -0.459 e. The minimum atomic E-state index is -0.749. The summed E-state index contributed by atoms with van der Waals surface area (Å²) in [6.07, 6.45) is 0.313. The molecule has 0 saturated heterocycles. The number of hydrogen-bond acceptors (Lipinski definition) is 3. The summed E-state index contributed by atoms with van der Waals surface area (Å²) in [5, 5.41) is 0. The maximum atomic E-state index is 13.0. The summed E-state index contributed by atoms with van der Waals surface area (Å²) in [6, 6.07) is 3.80. The third kappa shape index (κ3) is 4.74. The maximum Gasteiger partial charge on any atom is 0.323 e. The summed E-state index contributed by atoms with van der Waals surface area (Å²) in [5.74, 6) is -0.799. The highest BCUT2D eigenvalue weighted by molar-refractivity contribution is 9.10. The molecule has 100 valence electrons. The van der Waals surface area contributed by atoms with Gasteiger partial charge in [0.15, 0.2) is 0 Å². The Morgan fingerprint density at radius 3 is 2.61 bits per heavy atom. The molecule has 0 radical (unpaired) electrons. The van der Waals surface area contributed by atoms with Gasteiger partial charge < -0.3 is 10.5 Å². The Morgan fingerprint density at radius 1 is 1.50 bits per heavy atom. The van der Waals surface area contributed by atoms with Gasteiger partial charge in [-0.3, -0.25) is 4.79 Å². The SMILES string of the molecule is CC(C)(C)OC(=O)C(N)Cc1ccc(F)c(Br)c1. The first-order chi connectivity index (χ1) is 8.19. The summed E-state index contributed by atoms with van der Waals surface area (Å²) in [4.78, 5) is 11.7. The Bertz CT molecular complexity index is 443. The van der Waals surface area contributed by atoms with Gasteiger partial charge in [-0.25, -0.2) is 4.39 Å². The van der Waals surface area contributed by atoms with Crippen LogP contribution in [0, 0.1) is 5.82 Å². The highest BCUT2D eigenvalue weighted by Crippen LogP contribution is 2.18. The molecule has 0 amide bonds. The third-order valence-corrected chi connectivity index (χ3v) is 2.76. The molecule has 1 aromatic rings. The molecule has 3 nitrogen and oxygen atoms in total. The molecule has 0 spiro atoms. The Balaban J connectivity index is 2.66. The zero-order valence-corrected chi connectivity index (χ0v) is 12.3. The van der Waals surface area contributed by atoms with Gasteiger partial charge in [0.05, 0.1) is 4.47 Å². The first kappa shape index (κ1) is 15.1. The molecule has 18 heavy (non-hydrogen) atoms. The maximum absolute atomic E-state index is 13.0. The number of benzene rings is 1. The molecule has 0 fully saturated rings. The van der Waals surface area contributed by atoms with Crippen LogP contribution >= 0.6 is 15.9 Å². The number of nitrogens with two attached hydrogens (primary N) is 1. The second-order valence-electron chi connectivity index (χ2n) is 5.09. The van der Waals surface area contributed by atoms with Gasteiger partial charge in [0.1, 0.15) is 17.5 Å². The first-order valence-electron chi connectivity index (χ1n) is 5.61. The summed E-state index contributed by atoms with van der Waals surface area (Å²) in [6.45, 7) is 5.35. The standard InChI is InChI=1S/C13H17BrFNO2/c1-13(2,3)18-12(17)11(16)7-8-4-5-10(15)9(14)6-8/h4-6,11H,7,16H2,1-3H3. The normalized spacial score (nSPS) is 13.2. The molecular weight excluding hydrogens is 301 g/mol. The molecule has 0 saturated carbocycles. The van der Waals surface area contributed by atoms with Crippen LogP contribution in [0.15, 0.2) is 22.7 Å². The van der Waals surface area contributed by atoms with Crippen molar-refractivity contribution in [2.24, 2.45) is 5.73 Å². The van der Waals surface area contributed by atoms with Gasteiger partial charge in [0.25, 0.3) is 0 Å². The highest BCUT2D eigenvalue weighted by Gasteiger charge is 2.22. The van der Waals surface area contributed by atoms with Crippen molar-refractivity contribution in [2.75, 3.05) is 0 Å². The number of ether oxygens (including phenoxy) is 1. The van der Waals surface area contributed by atoms with Crippen LogP contribution in [-0.4, -0.2) is 17.6 Å². The van der Waals surface area contributed by atoms with Crippen LogP contribution in [0.3, 0.4) is 0 Å². The van der Waals surface area contributed by atoms with Crippen LogP contribution in [0.25, 0.3) is 0 Å². The largest absolute Gasteiger partial charge is 0.459 e. The van der Waals surface area contributed by atoms with Gasteiger partial charge >= 0.3 is 5.97 Å². The van der Waals surface area contributed by atoms with Gasteiger partial charge in [-0.1, -0.05) is 6.07 Å². The predicted molar refractivity (Wildman–Crippen MR) is 71.6 cm³/mol. The van der Waals surface area contributed by atoms with Crippen molar-refractivity contribution in [3.63, 3.8) is 0 Å². The molecule has 1 atom stereocenters. The van der Waals surface area contributed by atoms with Crippen LogP contribution in [0.5, 0.6) is 0 Å². The molecule has 1 aromatic carbocycles. The lowest BCUT2D eigenvalue weighted by Crippen LogP contribution is -2.38. The van der Waals surface area contributed by atoms with E-state index < -0.39 is 17.6 Å². The van der Waals surface area contributed by atoms with E-state index >= 15 is 0 Å². The highest BCUT2D eigenvalue weighted by atomic mass is 79.9. The summed E-state index contributed by atoms with van der Waals surface area (Å²) in [5.41, 5.74) is 5.98. The number of rotatable bonds is 3. The van der Waals surface area contributed by atoms with E-state index in [0.717, 1.165) is 5.56 Å². The second kappa shape index (κ2) is 5.80. The number of carbonyl (C=O) groups excluding carboxylic acids is 1. The van der Waals surface area contributed by atoms with Crippen LogP contribution < -0.4 is 5.73 Å². The molecule has 0 heterocycles. The summed E-state index contributed by atoms with van der Waals surface area (Å²) < 4.78 is 18.6. The van der Waals surface area contributed by atoms with Gasteiger partial charge in [-0.15, -0.1) is 0 Å². The van der Waals surface area contributed by atoms with Crippen LogP contribution in [0.1, 0.15) is 26.3 Å². The smallest absolute Gasteiger partial charge is 0.323 e. The van der Waals surface area contributed by atoms with Gasteiger partial charge in [0, 0.05) is 0 Å². The fourth-order valence-corrected chi connectivity index (χ4v) is 1.81. The van der Waals surface area contributed by atoms with E-state index in [2.05, 4.69) is 15.9 Å². The monoisotopic (exact) mass is 317 g/mol. The molecule has 0 aliphatic heterocycles. The lowest BCUT2D eigenvalue weighted by Gasteiger charge is -2.22. The van der Waals surface area contributed by atoms with E-state index in [1.54, 1.807) is 32.9 Å². The molecule has 0 aliphatic rings. The number of halogens is 2. The van der Waals surface area contributed by atoms with Crippen molar-refractivity contribution in [1.29, 1.82) is 0 Å². The minimum absolute atomic E-state index is 0.313. The van der Waals surface area contributed by atoms with Crippen LogP contribution in [-0.2, 0) is 16.0 Å². The van der Waals surface area contributed by atoms with E-state index in [9.17, 15) is 9.18 Å². The van der Waals surface area contributed by atoms with Crippen molar-refractivity contribution in [3.05, 3.63) is 34.1 Å². The van der Waals surface area contributed by atoms with Crippen molar-refractivity contribution in [3.8, 4) is 0 Å². The summed E-state index contributed by atoms with van der Waals surface area (Å²) >= 11 is 3.09. The molecule has 0 aromatic heterocycles. The number of hydrogen-bond donors (Lipinski definition) is 1. The molecule has 0 aliphatic carbocycles. The van der Waals surface area contributed by atoms with Crippen molar-refractivity contribution >= 4 is 21.9 Å². The van der Waals surface area contributed by atoms with Gasteiger partial charge in [-0.2, -0.15) is 0 Å². The van der Waals surface area contributed by atoms with Gasteiger partial charge in [0.2, 0.25) is 0 Å². The average molecular weight is 318 g/mol. The summed E-state index contributed by atoms with van der Waals surface area (Å²) in [7, 11) is 0. The van der Waals surface area contributed by atoms with E-state index in [1.165, 1.54) is 6.07 Å². The van der Waals surface area contributed by atoms with E-state index in [1.807, 2.05) is 0 Å².